The molecule has 1 unspecified atom stereocenters. The first-order valence-electron chi connectivity index (χ1n) is 6.08. The van der Waals surface area contributed by atoms with Crippen LogP contribution in [-0.2, 0) is 6.54 Å². The summed E-state index contributed by atoms with van der Waals surface area (Å²) in [6, 6.07) is 4.33. The van der Waals surface area contributed by atoms with Gasteiger partial charge in [-0.25, -0.2) is 0 Å². The fraction of sp³-hybridized carbons (Fsp3) is 0.692. The molecular formula is C13H24N2S. The van der Waals surface area contributed by atoms with E-state index in [-0.39, 0.29) is 5.41 Å². The van der Waals surface area contributed by atoms with E-state index in [4.69, 9.17) is 5.73 Å². The van der Waals surface area contributed by atoms with Gasteiger partial charge in [0.15, 0.2) is 0 Å². The van der Waals surface area contributed by atoms with Gasteiger partial charge in [-0.2, -0.15) is 0 Å². The first-order valence-corrected chi connectivity index (χ1v) is 6.96. The van der Waals surface area contributed by atoms with E-state index in [1.54, 1.807) is 0 Å². The van der Waals surface area contributed by atoms with Crippen molar-refractivity contribution in [3.8, 4) is 0 Å². The van der Waals surface area contributed by atoms with Crippen molar-refractivity contribution in [2.75, 3.05) is 19.6 Å². The largest absolute Gasteiger partial charge is 0.330 e. The van der Waals surface area contributed by atoms with E-state index in [1.807, 2.05) is 11.3 Å². The molecule has 0 aliphatic rings. The monoisotopic (exact) mass is 240 g/mol. The Morgan fingerprint density at radius 2 is 2.19 bits per heavy atom. The zero-order chi connectivity index (χ0) is 12.0. The van der Waals surface area contributed by atoms with Gasteiger partial charge in [-0.05, 0) is 36.4 Å². The quantitative estimate of drug-likeness (QED) is 0.794. The maximum absolute atomic E-state index is 5.87. The molecule has 0 aromatic carbocycles. The van der Waals surface area contributed by atoms with Crippen LogP contribution in [0.1, 0.15) is 32.1 Å². The van der Waals surface area contributed by atoms with E-state index in [9.17, 15) is 0 Å². The molecule has 0 aliphatic heterocycles. The predicted octanol–water partition coefficient (Wildman–Crippen LogP) is 2.95. The molecule has 16 heavy (non-hydrogen) atoms. The molecule has 1 aromatic heterocycles. The lowest BCUT2D eigenvalue weighted by atomic mass is 9.87. The molecule has 0 saturated heterocycles. The molecule has 0 radical (unpaired) electrons. The van der Waals surface area contributed by atoms with E-state index in [1.165, 1.54) is 4.88 Å². The molecule has 2 nitrogen and oxygen atoms in total. The van der Waals surface area contributed by atoms with Gasteiger partial charge in [0.25, 0.3) is 0 Å². The Morgan fingerprint density at radius 1 is 1.44 bits per heavy atom. The normalized spacial score (nSPS) is 15.3. The van der Waals surface area contributed by atoms with Gasteiger partial charge in [-0.15, -0.1) is 11.3 Å². The number of nitrogens with zero attached hydrogens (tertiary/aromatic N) is 1. The van der Waals surface area contributed by atoms with Crippen LogP contribution in [0.25, 0.3) is 0 Å². The second-order valence-corrected chi connectivity index (χ2v) is 5.78. The van der Waals surface area contributed by atoms with Crippen molar-refractivity contribution in [3.05, 3.63) is 22.4 Å². The van der Waals surface area contributed by atoms with Crippen LogP contribution in [0.4, 0.5) is 0 Å². The van der Waals surface area contributed by atoms with Crippen molar-refractivity contribution in [2.24, 2.45) is 11.1 Å². The second kappa shape index (κ2) is 6.38. The number of hydrogen-bond acceptors (Lipinski definition) is 3. The minimum absolute atomic E-state index is 0.257. The maximum atomic E-state index is 5.87. The average molecular weight is 240 g/mol. The smallest absolute Gasteiger partial charge is 0.0328 e. The lowest BCUT2D eigenvalue weighted by molar-refractivity contribution is 0.165. The summed E-state index contributed by atoms with van der Waals surface area (Å²) in [5, 5.41) is 2.14. The summed E-state index contributed by atoms with van der Waals surface area (Å²) in [7, 11) is 0. The van der Waals surface area contributed by atoms with Crippen LogP contribution in [0.15, 0.2) is 17.5 Å². The highest BCUT2D eigenvalue weighted by atomic mass is 32.1. The summed E-state index contributed by atoms with van der Waals surface area (Å²) in [4.78, 5) is 3.93. The van der Waals surface area contributed by atoms with Crippen molar-refractivity contribution >= 4 is 11.3 Å². The molecule has 92 valence electrons. The molecule has 1 heterocycles. The minimum Gasteiger partial charge on any atom is -0.330 e. The van der Waals surface area contributed by atoms with Gasteiger partial charge >= 0.3 is 0 Å². The van der Waals surface area contributed by atoms with Gasteiger partial charge in [0, 0.05) is 18.0 Å². The van der Waals surface area contributed by atoms with Crippen LogP contribution >= 0.6 is 11.3 Å². The lowest BCUT2D eigenvalue weighted by Crippen LogP contribution is -2.39. The first-order chi connectivity index (χ1) is 7.63. The Balaban J connectivity index is 2.55. The number of rotatable bonds is 7. The van der Waals surface area contributed by atoms with Gasteiger partial charge in [-0.3, -0.25) is 4.90 Å². The van der Waals surface area contributed by atoms with Crippen molar-refractivity contribution in [2.45, 2.75) is 33.7 Å². The van der Waals surface area contributed by atoms with Crippen LogP contribution in [0.2, 0.25) is 0 Å². The molecule has 2 N–H and O–H groups in total. The van der Waals surface area contributed by atoms with Gasteiger partial charge in [-0.1, -0.05) is 26.8 Å². The lowest BCUT2D eigenvalue weighted by Gasteiger charge is -2.33. The zero-order valence-electron chi connectivity index (χ0n) is 10.7. The second-order valence-electron chi connectivity index (χ2n) is 4.75. The summed E-state index contributed by atoms with van der Waals surface area (Å²) in [5.41, 5.74) is 6.13. The van der Waals surface area contributed by atoms with Crippen molar-refractivity contribution in [3.63, 3.8) is 0 Å². The van der Waals surface area contributed by atoms with Crippen LogP contribution in [0.3, 0.4) is 0 Å². The van der Waals surface area contributed by atoms with Crippen LogP contribution < -0.4 is 5.73 Å². The molecule has 0 aliphatic carbocycles. The predicted molar refractivity (Wildman–Crippen MR) is 72.7 cm³/mol. The Labute approximate surface area is 103 Å². The summed E-state index contributed by atoms with van der Waals surface area (Å²) in [5.74, 6) is 0. The average Bonchev–Trinajstić information content (AvgIpc) is 2.80. The number of hydrogen-bond donors (Lipinski definition) is 1. The third-order valence-electron chi connectivity index (χ3n) is 3.36. The molecule has 3 heteroatoms. The van der Waals surface area contributed by atoms with Gasteiger partial charge in [0.2, 0.25) is 0 Å². The van der Waals surface area contributed by atoms with E-state index >= 15 is 0 Å². The molecule has 0 saturated carbocycles. The van der Waals surface area contributed by atoms with Crippen molar-refractivity contribution in [1.82, 2.24) is 4.90 Å². The maximum Gasteiger partial charge on any atom is 0.0328 e. The first kappa shape index (κ1) is 13.7. The van der Waals surface area contributed by atoms with E-state index in [0.717, 1.165) is 32.6 Å². The highest BCUT2D eigenvalue weighted by Crippen LogP contribution is 2.22. The highest BCUT2D eigenvalue weighted by molar-refractivity contribution is 7.09. The van der Waals surface area contributed by atoms with E-state index in [0.29, 0.717) is 0 Å². The summed E-state index contributed by atoms with van der Waals surface area (Å²) in [6.45, 7) is 10.7. The van der Waals surface area contributed by atoms with Gasteiger partial charge in [0.1, 0.15) is 0 Å². The molecular weight excluding hydrogens is 216 g/mol. The third kappa shape index (κ3) is 3.89. The summed E-state index contributed by atoms with van der Waals surface area (Å²) in [6.07, 6.45) is 1.14. The molecule has 1 aromatic rings. The zero-order valence-corrected chi connectivity index (χ0v) is 11.5. The van der Waals surface area contributed by atoms with Crippen molar-refractivity contribution < 1.29 is 0 Å². The topological polar surface area (TPSA) is 29.3 Å². The van der Waals surface area contributed by atoms with Crippen LogP contribution in [-0.4, -0.2) is 24.5 Å². The van der Waals surface area contributed by atoms with Crippen LogP contribution in [0.5, 0.6) is 0 Å². The Bertz CT molecular complexity index is 278. The SMILES string of the molecule is CCN(Cc1cccs1)CC(C)(CC)CN. The highest BCUT2D eigenvalue weighted by Gasteiger charge is 2.23. The molecule has 1 rings (SSSR count). The van der Waals surface area contributed by atoms with E-state index in [2.05, 4.69) is 43.2 Å². The Kier molecular flexibility index (Phi) is 5.46. The Hall–Kier alpha value is -0.380. The minimum atomic E-state index is 0.257. The summed E-state index contributed by atoms with van der Waals surface area (Å²) < 4.78 is 0. The molecule has 0 bridgehead atoms. The summed E-state index contributed by atoms with van der Waals surface area (Å²) >= 11 is 1.83. The molecule has 1 atom stereocenters. The molecule has 0 fully saturated rings. The fourth-order valence-electron chi connectivity index (χ4n) is 1.76. The molecule has 0 amide bonds. The van der Waals surface area contributed by atoms with Crippen LogP contribution in [0, 0.1) is 5.41 Å². The standard InChI is InChI=1S/C13H24N2S/c1-4-13(3,10-14)11-15(5-2)9-12-7-6-8-16-12/h6-8H,4-5,9-11,14H2,1-3H3. The van der Waals surface area contributed by atoms with Gasteiger partial charge in [0.05, 0.1) is 0 Å². The van der Waals surface area contributed by atoms with Gasteiger partial charge < -0.3 is 5.73 Å². The third-order valence-corrected chi connectivity index (χ3v) is 4.22. The van der Waals surface area contributed by atoms with Crippen molar-refractivity contribution in [1.29, 1.82) is 0 Å². The Morgan fingerprint density at radius 3 is 2.62 bits per heavy atom. The fourth-order valence-corrected chi connectivity index (χ4v) is 2.51. The molecule has 0 spiro atoms. The van der Waals surface area contributed by atoms with E-state index < -0.39 is 0 Å². The number of nitrogens with two attached hydrogens (primary N) is 1. The number of thiophene rings is 1.